The molecule has 0 bridgehead atoms. The molecule has 0 aliphatic heterocycles. The van der Waals surface area contributed by atoms with E-state index in [9.17, 15) is 4.79 Å². The van der Waals surface area contributed by atoms with Crippen molar-refractivity contribution in [1.82, 2.24) is 10.2 Å². The summed E-state index contributed by atoms with van der Waals surface area (Å²) < 4.78 is 5.92. The number of carbonyl (C=O) groups excluding carboxylic acids is 1. The van der Waals surface area contributed by atoms with Crippen molar-refractivity contribution in [2.24, 2.45) is 5.92 Å². The minimum atomic E-state index is -0.502. The lowest BCUT2D eigenvalue weighted by Crippen LogP contribution is -2.49. The zero-order valence-corrected chi connectivity index (χ0v) is 16.1. The van der Waals surface area contributed by atoms with Gasteiger partial charge in [0, 0.05) is 12.6 Å². The molecule has 0 heterocycles. The van der Waals surface area contributed by atoms with E-state index in [1.807, 2.05) is 37.3 Å². The van der Waals surface area contributed by atoms with Crippen molar-refractivity contribution in [1.29, 1.82) is 0 Å². The number of fused-ring (bicyclic) bond motifs is 1. The van der Waals surface area contributed by atoms with Gasteiger partial charge in [-0.2, -0.15) is 0 Å². The van der Waals surface area contributed by atoms with Crippen LogP contribution in [0.15, 0.2) is 42.5 Å². The van der Waals surface area contributed by atoms with E-state index >= 15 is 0 Å². The number of hydrogen-bond acceptors (Lipinski definition) is 3. The maximum absolute atomic E-state index is 12.7. The Bertz CT molecular complexity index is 744. The van der Waals surface area contributed by atoms with E-state index in [-0.39, 0.29) is 11.9 Å². The van der Waals surface area contributed by atoms with Gasteiger partial charge in [-0.1, -0.05) is 43.2 Å². The van der Waals surface area contributed by atoms with Crippen LogP contribution in [0.25, 0.3) is 10.8 Å². The van der Waals surface area contributed by atoms with Crippen LogP contribution >= 0.6 is 0 Å². The zero-order valence-electron chi connectivity index (χ0n) is 16.1. The standard InChI is InChI=1S/C22H30N2O2/c1-16(26-20-13-12-17-8-4-5-9-18(17)14-20)22(25)23-21-11-7-6-10-19(21)15-24(2)3/h4-5,8-9,12-14,16,19,21H,6-7,10-11,15H2,1-3H3,(H,23,25). The predicted molar refractivity (Wildman–Crippen MR) is 106 cm³/mol. The van der Waals surface area contributed by atoms with Crippen molar-refractivity contribution in [3.8, 4) is 5.75 Å². The number of nitrogens with zero attached hydrogens (tertiary/aromatic N) is 1. The first-order chi connectivity index (χ1) is 12.5. The molecule has 3 atom stereocenters. The van der Waals surface area contributed by atoms with E-state index in [2.05, 4.69) is 36.4 Å². The van der Waals surface area contributed by atoms with Gasteiger partial charge in [0.05, 0.1) is 0 Å². The van der Waals surface area contributed by atoms with Crippen molar-refractivity contribution in [3.63, 3.8) is 0 Å². The van der Waals surface area contributed by atoms with E-state index < -0.39 is 6.10 Å². The predicted octanol–water partition coefficient (Wildman–Crippen LogP) is 3.84. The maximum Gasteiger partial charge on any atom is 0.261 e. The van der Waals surface area contributed by atoms with Crippen LogP contribution in [0, 0.1) is 5.92 Å². The fourth-order valence-electron chi connectivity index (χ4n) is 3.88. The van der Waals surface area contributed by atoms with E-state index in [0.29, 0.717) is 5.92 Å². The molecule has 1 aliphatic rings. The Morgan fingerprint density at radius 2 is 1.88 bits per heavy atom. The number of carbonyl (C=O) groups is 1. The van der Waals surface area contributed by atoms with E-state index in [1.54, 1.807) is 0 Å². The lowest BCUT2D eigenvalue weighted by molar-refractivity contribution is -0.128. The molecule has 1 saturated carbocycles. The molecule has 2 aromatic rings. The molecule has 1 N–H and O–H groups in total. The van der Waals surface area contributed by atoms with Crippen LogP contribution in [-0.4, -0.2) is 43.6 Å². The Morgan fingerprint density at radius 1 is 1.15 bits per heavy atom. The van der Waals surface area contributed by atoms with Crippen LogP contribution in [-0.2, 0) is 4.79 Å². The minimum absolute atomic E-state index is 0.0196. The average molecular weight is 354 g/mol. The van der Waals surface area contributed by atoms with Gasteiger partial charge in [-0.3, -0.25) is 4.79 Å². The second-order valence-electron chi connectivity index (χ2n) is 7.69. The third-order valence-corrected chi connectivity index (χ3v) is 5.24. The molecule has 4 heteroatoms. The minimum Gasteiger partial charge on any atom is -0.481 e. The zero-order chi connectivity index (χ0) is 18.5. The highest BCUT2D eigenvalue weighted by Crippen LogP contribution is 2.25. The first kappa shape index (κ1) is 18.7. The summed E-state index contributed by atoms with van der Waals surface area (Å²) in [5.74, 6) is 1.24. The molecule has 140 valence electrons. The van der Waals surface area contributed by atoms with E-state index in [1.165, 1.54) is 24.6 Å². The van der Waals surface area contributed by atoms with Gasteiger partial charge in [0.1, 0.15) is 5.75 Å². The molecule has 4 nitrogen and oxygen atoms in total. The SMILES string of the molecule is CC(Oc1ccc2ccccc2c1)C(=O)NC1CCCCC1CN(C)C. The van der Waals surface area contributed by atoms with Crippen LogP contribution in [0.2, 0.25) is 0 Å². The third kappa shape index (κ3) is 4.76. The number of hydrogen-bond donors (Lipinski definition) is 1. The van der Waals surface area contributed by atoms with Crippen molar-refractivity contribution < 1.29 is 9.53 Å². The number of rotatable bonds is 6. The normalized spacial score (nSPS) is 21.5. The van der Waals surface area contributed by atoms with E-state index in [4.69, 9.17) is 4.74 Å². The Morgan fingerprint density at radius 3 is 2.65 bits per heavy atom. The highest BCUT2D eigenvalue weighted by Gasteiger charge is 2.28. The average Bonchev–Trinajstić information content (AvgIpc) is 2.62. The second kappa shape index (κ2) is 8.54. The number of benzene rings is 2. The van der Waals surface area contributed by atoms with Gasteiger partial charge in [0.25, 0.3) is 5.91 Å². The summed E-state index contributed by atoms with van der Waals surface area (Å²) in [5, 5.41) is 5.53. The van der Waals surface area contributed by atoms with Gasteiger partial charge >= 0.3 is 0 Å². The maximum atomic E-state index is 12.7. The summed E-state index contributed by atoms with van der Waals surface area (Å²) in [4.78, 5) is 14.9. The van der Waals surface area contributed by atoms with Crippen LogP contribution in [0.5, 0.6) is 5.75 Å². The first-order valence-electron chi connectivity index (χ1n) is 9.63. The lowest BCUT2D eigenvalue weighted by Gasteiger charge is -2.34. The Kier molecular flexibility index (Phi) is 6.15. The van der Waals surface area contributed by atoms with Crippen LogP contribution < -0.4 is 10.1 Å². The number of nitrogens with one attached hydrogen (secondary N) is 1. The van der Waals surface area contributed by atoms with Crippen molar-refractivity contribution in [2.45, 2.75) is 44.8 Å². The van der Waals surface area contributed by atoms with Gasteiger partial charge < -0.3 is 15.0 Å². The van der Waals surface area contributed by atoms with Gasteiger partial charge in [0.15, 0.2) is 6.10 Å². The molecule has 0 saturated heterocycles. The molecule has 3 rings (SSSR count). The summed E-state index contributed by atoms with van der Waals surface area (Å²) in [6.45, 7) is 2.85. The highest BCUT2D eigenvalue weighted by atomic mass is 16.5. The second-order valence-corrected chi connectivity index (χ2v) is 7.69. The van der Waals surface area contributed by atoms with Crippen molar-refractivity contribution in [3.05, 3.63) is 42.5 Å². The summed E-state index contributed by atoms with van der Waals surface area (Å²) in [6.07, 6.45) is 4.19. The van der Waals surface area contributed by atoms with Crippen LogP contribution in [0.4, 0.5) is 0 Å². The molecule has 26 heavy (non-hydrogen) atoms. The molecule has 0 spiro atoms. The van der Waals surface area contributed by atoms with Gasteiger partial charge in [0.2, 0.25) is 0 Å². The van der Waals surface area contributed by atoms with Crippen molar-refractivity contribution in [2.75, 3.05) is 20.6 Å². The van der Waals surface area contributed by atoms with Crippen molar-refractivity contribution >= 4 is 16.7 Å². The quantitative estimate of drug-likeness (QED) is 0.857. The fourth-order valence-corrected chi connectivity index (χ4v) is 3.88. The van der Waals surface area contributed by atoms with E-state index in [0.717, 1.165) is 24.1 Å². The third-order valence-electron chi connectivity index (χ3n) is 5.24. The topological polar surface area (TPSA) is 41.6 Å². The fraction of sp³-hybridized carbons (Fsp3) is 0.500. The summed E-state index contributed by atoms with van der Waals surface area (Å²) in [7, 11) is 4.19. The largest absolute Gasteiger partial charge is 0.481 e. The molecular weight excluding hydrogens is 324 g/mol. The Hall–Kier alpha value is -2.07. The molecule has 1 amide bonds. The number of ether oxygens (including phenoxy) is 1. The molecule has 3 unspecified atom stereocenters. The molecular formula is C22H30N2O2. The summed E-state index contributed by atoms with van der Waals surface area (Å²) >= 11 is 0. The molecule has 1 fully saturated rings. The van der Waals surface area contributed by atoms with Crippen LogP contribution in [0.1, 0.15) is 32.6 Å². The Balaban J connectivity index is 1.61. The molecule has 1 aliphatic carbocycles. The summed E-state index contributed by atoms with van der Waals surface area (Å²) in [5.41, 5.74) is 0. The van der Waals surface area contributed by atoms with Crippen LogP contribution in [0.3, 0.4) is 0 Å². The smallest absolute Gasteiger partial charge is 0.261 e. The van der Waals surface area contributed by atoms with Gasteiger partial charge in [-0.25, -0.2) is 0 Å². The molecule has 0 aromatic heterocycles. The summed E-state index contributed by atoms with van der Waals surface area (Å²) in [6, 6.07) is 14.4. The molecule has 0 radical (unpaired) electrons. The van der Waals surface area contributed by atoms with Gasteiger partial charge in [-0.15, -0.1) is 0 Å². The van der Waals surface area contributed by atoms with Gasteiger partial charge in [-0.05, 0) is 62.7 Å². The lowest BCUT2D eigenvalue weighted by atomic mass is 9.84. The Labute approximate surface area is 156 Å². The highest BCUT2D eigenvalue weighted by molar-refractivity contribution is 5.84. The number of amides is 1. The molecule has 2 aromatic carbocycles. The monoisotopic (exact) mass is 354 g/mol. The first-order valence-corrected chi connectivity index (χ1v) is 9.63.